The molecule has 0 saturated heterocycles. The van der Waals surface area contributed by atoms with Crippen LogP contribution in [0.15, 0.2) is 18.2 Å². The van der Waals surface area contributed by atoms with Crippen LogP contribution in [0.3, 0.4) is 0 Å². The fraction of sp³-hybridized carbons (Fsp3) is 0.250. The van der Waals surface area contributed by atoms with Gasteiger partial charge in [-0.1, -0.05) is 35.3 Å². The Balaban J connectivity index is 2.43. The number of benzene rings is 1. The fourth-order valence-electron chi connectivity index (χ4n) is 1.52. The smallest absolute Gasteiger partial charge is 0.114 e. The maximum absolute atomic E-state index is 6.17. The predicted octanol–water partition coefficient (Wildman–Crippen LogP) is 4.11. The van der Waals surface area contributed by atoms with Crippen molar-refractivity contribution in [2.45, 2.75) is 19.9 Å². The minimum absolute atomic E-state index is 0.321. The number of hydrogen-bond donors (Lipinski definition) is 1. The fourth-order valence-corrected chi connectivity index (χ4v) is 2.89. The summed E-state index contributed by atoms with van der Waals surface area (Å²) in [7, 11) is 0. The highest BCUT2D eigenvalue weighted by atomic mass is 35.5. The SMILES string of the molecule is Cc1nc(C(N)c2cccc(Cl)c2Cl)sc1C. The van der Waals surface area contributed by atoms with Crippen molar-refractivity contribution in [1.29, 1.82) is 0 Å². The van der Waals surface area contributed by atoms with Crippen LogP contribution in [0.5, 0.6) is 0 Å². The van der Waals surface area contributed by atoms with Gasteiger partial charge in [-0.15, -0.1) is 11.3 Å². The Morgan fingerprint density at radius 1 is 1.29 bits per heavy atom. The number of nitrogens with two attached hydrogens (primary N) is 1. The topological polar surface area (TPSA) is 38.9 Å². The second-order valence-corrected chi connectivity index (χ2v) is 5.83. The molecule has 17 heavy (non-hydrogen) atoms. The van der Waals surface area contributed by atoms with Crippen molar-refractivity contribution in [2.24, 2.45) is 5.73 Å². The van der Waals surface area contributed by atoms with Gasteiger partial charge in [0.1, 0.15) is 5.01 Å². The molecule has 2 rings (SSSR count). The second kappa shape index (κ2) is 4.94. The standard InChI is InChI=1S/C12H12Cl2N2S/c1-6-7(2)17-12(16-6)11(15)8-4-3-5-9(13)10(8)14/h3-5,11H,15H2,1-2H3. The van der Waals surface area contributed by atoms with E-state index in [4.69, 9.17) is 28.9 Å². The largest absolute Gasteiger partial charge is 0.318 e. The molecule has 1 unspecified atom stereocenters. The number of hydrogen-bond acceptors (Lipinski definition) is 3. The van der Waals surface area contributed by atoms with Gasteiger partial charge < -0.3 is 5.73 Å². The van der Waals surface area contributed by atoms with E-state index in [1.807, 2.05) is 26.0 Å². The quantitative estimate of drug-likeness (QED) is 0.902. The van der Waals surface area contributed by atoms with E-state index >= 15 is 0 Å². The first-order valence-corrected chi connectivity index (χ1v) is 6.71. The average molecular weight is 287 g/mol. The first-order chi connectivity index (χ1) is 8.00. The molecule has 0 aliphatic carbocycles. The van der Waals surface area contributed by atoms with Gasteiger partial charge in [0, 0.05) is 4.88 Å². The normalized spacial score (nSPS) is 12.8. The maximum Gasteiger partial charge on any atom is 0.114 e. The molecule has 0 amide bonds. The minimum Gasteiger partial charge on any atom is -0.318 e. The third-order valence-corrected chi connectivity index (χ3v) is 4.62. The molecular formula is C12H12Cl2N2S. The second-order valence-electron chi connectivity index (χ2n) is 3.81. The summed E-state index contributed by atoms with van der Waals surface area (Å²) in [6.07, 6.45) is 0. The van der Waals surface area contributed by atoms with Gasteiger partial charge in [-0.05, 0) is 25.5 Å². The van der Waals surface area contributed by atoms with Crippen molar-refractivity contribution >= 4 is 34.5 Å². The van der Waals surface area contributed by atoms with Crippen LogP contribution in [-0.4, -0.2) is 4.98 Å². The summed E-state index contributed by atoms with van der Waals surface area (Å²) in [4.78, 5) is 5.62. The van der Waals surface area contributed by atoms with Crippen LogP contribution in [0.25, 0.3) is 0 Å². The lowest BCUT2D eigenvalue weighted by molar-refractivity contribution is 0.852. The summed E-state index contributed by atoms with van der Waals surface area (Å²) in [5.74, 6) is 0. The van der Waals surface area contributed by atoms with Crippen LogP contribution in [0.4, 0.5) is 0 Å². The predicted molar refractivity (Wildman–Crippen MR) is 74.1 cm³/mol. The van der Waals surface area contributed by atoms with Crippen LogP contribution in [0.1, 0.15) is 27.2 Å². The van der Waals surface area contributed by atoms with E-state index in [1.54, 1.807) is 17.4 Å². The molecule has 1 aromatic heterocycles. The molecule has 1 heterocycles. The van der Waals surface area contributed by atoms with E-state index in [0.717, 1.165) is 16.3 Å². The number of halogens is 2. The summed E-state index contributed by atoms with van der Waals surface area (Å²) >= 11 is 13.7. The Kier molecular flexibility index (Phi) is 3.73. The molecule has 5 heteroatoms. The summed E-state index contributed by atoms with van der Waals surface area (Å²) < 4.78 is 0. The molecule has 0 bridgehead atoms. The van der Waals surface area contributed by atoms with Crippen LogP contribution >= 0.6 is 34.5 Å². The van der Waals surface area contributed by atoms with Gasteiger partial charge in [0.05, 0.1) is 21.8 Å². The van der Waals surface area contributed by atoms with Crippen molar-refractivity contribution in [3.8, 4) is 0 Å². The van der Waals surface area contributed by atoms with Crippen LogP contribution in [0.2, 0.25) is 10.0 Å². The van der Waals surface area contributed by atoms with Crippen molar-refractivity contribution < 1.29 is 0 Å². The average Bonchev–Trinajstić information content (AvgIpc) is 2.62. The molecule has 0 aliphatic heterocycles. The highest BCUT2D eigenvalue weighted by molar-refractivity contribution is 7.11. The Morgan fingerprint density at radius 3 is 2.59 bits per heavy atom. The summed E-state index contributed by atoms with van der Waals surface area (Å²) in [6, 6.07) is 5.15. The Hall–Kier alpha value is -0.610. The summed E-state index contributed by atoms with van der Waals surface area (Å²) in [5.41, 5.74) is 8.00. The first-order valence-electron chi connectivity index (χ1n) is 5.14. The van der Waals surface area contributed by atoms with E-state index in [0.29, 0.717) is 10.0 Å². The Morgan fingerprint density at radius 2 is 2.00 bits per heavy atom. The highest BCUT2D eigenvalue weighted by Crippen LogP contribution is 2.33. The molecular weight excluding hydrogens is 275 g/mol. The van der Waals surface area contributed by atoms with Crippen LogP contribution in [-0.2, 0) is 0 Å². The molecule has 0 aliphatic rings. The summed E-state index contributed by atoms with van der Waals surface area (Å²) in [6.45, 7) is 4.00. The molecule has 0 fully saturated rings. The lowest BCUT2D eigenvalue weighted by atomic mass is 10.1. The van der Waals surface area contributed by atoms with Gasteiger partial charge in [-0.3, -0.25) is 0 Å². The molecule has 0 radical (unpaired) electrons. The van der Waals surface area contributed by atoms with Gasteiger partial charge in [0.2, 0.25) is 0 Å². The molecule has 2 aromatic rings. The van der Waals surface area contributed by atoms with Crippen LogP contribution in [0, 0.1) is 13.8 Å². The molecule has 90 valence electrons. The van der Waals surface area contributed by atoms with Crippen molar-refractivity contribution in [2.75, 3.05) is 0 Å². The molecule has 1 aromatic carbocycles. The zero-order valence-electron chi connectivity index (χ0n) is 9.50. The van der Waals surface area contributed by atoms with Gasteiger partial charge in [-0.2, -0.15) is 0 Å². The third-order valence-electron chi connectivity index (χ3n) is 2.63. The number of aromatic nitrogens is 1. The van der Waals surface area contributed by atoms with Gasteiger partial charge in [0.15, 0.2) is 0 Å². The number of thiazole rings is 1. The van der Waals surface area contributed by atoms with Crippen molar-refractivity contribution in [3.63, 3.8) is 0 Å². The van der Waals surface area contributed by atoms with Crippen molar-refractivity contribution in [1.82, 2.24) is 4.98 Å². The monoisotopic (exact) mass is 286 g/mol. The molecule has 0 saturated carbocycles. The lowest BCUT2D eigenvalue weighted by Gasteiger charge is -2.11. The van der Waals surface area contributed by atoms with Gasteiger partial charge >= 0.3 is 0 Å². The first kappa shape index (κ1) is 12.8. The van der Waals surface area contributed by atoms with Gasteiger partial charge in [0.25, 0.3) is 0 Å². The van der Waals surface area contributed by atoms with Crippen LogP contribution < -0.4 is 5.73 Å². The number of nitrogens with zero attached hydrogens (tertiary/aromatic N) is 1. The Labute approximate surface area is 114 Å². The maximum atomic E-state index is 6.17. The van der Waals surface area contributed by atoms with Gasteiger partial charge in [-0.25, -0.2) is 4.98 Å². The molecule has 0 spiro atoms. The zero-order chi connectivity index (χ0) is 12.6. The number of rotatable bonds is 2. The Bertz CT molecular complexity index is 532. The summed E-state index contributed by atoms with van der Waals surface area (Å²) in [5, 5.41) is 1.89. The zero-order valence-corrected chi connectivity index (χ0v) is 11.8. The highest BCUT2D eigenvalue weighted by Gasteiger charge is 2.18. The van der Waals surface area contributed by atoms with E-state index in [1.165, 1.54) is 4.88 Å². The van der Waals surface area contributed by atoms with Crippen molar-refractivity contribution in [3.05, 3.63) is 49.4 Å². The van der Waals surface area contributed by atoms with E-state index in [2.05, 4.69) is 4.98 Å². The molecule has 2 nitrogen and oxygen atoms in total. The number of aryl methyl sites for hydroxylation is 2. The van der Waals surface area contributed by atoms with E-state index in [9.17, 15) is 0 Å². The van der Waals surface area contributed by atoms with E-state index in [-0.39, 0.29) is 6.04 Å². The third kappa shape index (κ3) is 2.47. The molecule has 2 N–H and O–H groups in total. The van der Waals surface area contributed by atoms with E-state index < -0.39 is 0 Å². The molecule has 1 atom stereocenters. The lowest BCUT2D eigenvalue weighted by Crippen LogP contribution is -2.12. The minimum atomic E-state index is -0.321.